The summed E-state index contributed by atoms with van der Waals surface area (Å²) in [7, 11) is 0. The first-order chi connectivity index (χ1) is 11.9. The summed E-state index contributed by atoms with van der Waals surface area (Å²) in [6.45, 7) is 3.57. The zero-order valence-corrected chi connectivity index (χ0v) is 15.3. The Labute approximate surface area is 153 Å². The van der Waals surface area contributed by atoms with Gasteiger partial charge in [0.05, 0.1) is 17.9 Å². The molecule has 0 heterocycles. The highest BCUT2D eigenvalue weighted by Crippen LogP contribution is 2.20. The fraction of sp³-hybridized carbons (Fsp3) is 0.222. The lowest BCUT2D eigenvalue weighted by atomic mass is 10.2. The SMILES string of the molecule is CCOC(=O)c1ccc(OC(C)C(=O)Nc2ccc(Br)cc2F)cc1. The Kier molecular flexibility index (Phi) is 6.52. The second kappa shape index (κ2) is 8.62. The molecule has 0 aliphatic rings. The third-order valence-electron chi connectivity index (χ3n) is 3.24. The van der Waals surface area contributed by atoms with Gasteiger partial charge in [-0.1, -0.05) is 15.9 Å². The number of benzene rings is 2. The van der Waals surface area contributed by atoms with E-state index in [1.807, 2.05) is 0 Å². The first-order valence-electron chi connectivity index (χ1n) is 7.60. The largest absolute Gasteiger partial charge is 0.481 e. The lowest BCUT2D eigenvalue weighted by molar-refractivity contribution is -0.122. The maximum absolute atomic E-state index is 13.8. The molecule has 0 fully saturated rings. The van der Waals surface area contributed by atoms with Crippen molar-refractivity contribution in [3.05, 3.63) is 58.3 Å². The molecule has 0 bridgehead atoms. The van der Waals surface area contributed by atoms with Gasteiger partial charge in [0, 0.05) is 4.47 Å². The third kappa shape index (κ3) is 5.29. The maximum Gasteiger partial charge on any atom is 0.338 e. The molecule has 0 spiro atoms. The fourth-order valence-corrected chi connectivity index (χ4v) is 2.30. The van der Waals surface area contributed by atoms with Crippen LogP contribution in [0.4, 0.5) is 10.1 Å². The summed E-state index contributed by atoms with van der Waals surface area (Å²) in [5, 5.41) is 2.47. The summed E-state index contributed by atoms with van der Waals surface area (Å²) >= 11 is 3.15. The van der Waals surface area contributed by atoms with Gasteiger partial charge in [-0.05, 0) is 56.3 Å². The monoisotopic (exact) mass is 409 g/mol. The number of rotatable bonds is 6. The second-order valence-corrected chi connectivity index (χ2v) is 6.03. The van der Waals surface area contributed by atoms with Gasteiger partial charge in [0.25, 0.3) is 5.91 Å². The van der Waals surface area contributed by atoms with E-state index in [9.17, 15) is 14.0 Å². The zero-order chi connectivity index (χ0) is 18.4. The normalized spacial score (nSPS) is 11.5. The van der Waals surface area contributed by atoms with E-state index in [1.165, 1.54) is 12.1 Å². The van der Waals surface area contributed by atoms with Gasteiger partial charge in [-0.2, -0.15) is 0 Å². The van der Waals surface area contributed by atoms with Gasteiger partial charge in [-0.15, -0.1) is 0 Å². The minimum atomic E-state index is -0.850. The number of halogens is 2. The number of anilines is 1. The number of hydrogen-bond acceptors (Lipinski definition) is 4. The molecule has 7 heteroatoms. The second-order valence-electron chi connectivity index (χ2n) is 5.12. The molecule has 0 aliphatic heterocycles. The molecule has 5 nitrogen and oxygen atoms in total. The highest BCUT2D eigenvalue weighted by molar-refractivity contribution is 9.10. The average molecular weight is 410 g/mol. The predicted octanol–water partition coefficient (Wildman–Crippen LogP) is 4.17. The Morgan fingerprint density at radius 1 is 1.20 bits per heavy atom. The van der Waals surface area contributed by atoms with Crippen molar-refractivity contribution in [1.29, 1.82) is 0 Å². The van der Waals surface area contributed by atoms with E-state index in [-0.39, 0.29) is 5.69 Å². The van der Waals surface area contributed by atoms with Crippen molar-refractivity contribution in [2.24, 2.45) is 0 Å². The van der Waals surface area contributed by atoms with Gasteiger partial charge < -0.3 is 14.8 Å². The molecule has 0 radical (unpaired) electrons. The van der Waals surface area contributed by atoms with Gasteiger partial charge in [-0.25, -0.2) is 9.18 Å². The van der Waals surface area contributed by atoms with Crippen LogP contribution >= 0.6 is 15.9 Å². The quantitative estimate of drug-likeness (QED) is 0.727. The van der Waals surface area contributed by atoms with Gasteiger partial charge in [0.15, 0.2) is 6.10 Å². The van der Waals surface area contributed by atoms with E-state index in [4.69, 9.17) is 9.47 Å². The van der Waals surface area contributed by atoms with Crippen molar-refractivity contribution in [2.45, 2.75) is 20.0 Å². The van der Waals surface area contributed by atoms with E-state index in [1.54, 1.807) is 44.2 Å². The van der Waals surface area contributed by atoms with Crippen molar-refractivity contribution in [3.63, 3.8) is 0 Å². The Morgan fingerprint density at radius 3 is 2.48 bits per heavy atom. The molecule has 0 aliphatic carbocycles. The zero-order valence-electron chi connectivity index (χ0n) is 13.7. The third-order valence-corrected chi connectivity index (χ3v) is 3.73. The predicted molar refractivity (Wildman–Crippen MR) is 95.2 cm³/mol. The molecule has 25 heavy (non-hydrogen) atoms. The number of nitrogens with one attached hydrogen (secondary N) is 1. The van der Waals surface area contributed by atoms with Crippen molar-refractivity contribution >= 4 is 33.5 Å². The Balaban J connectivity index is 1.97. The highest BCUT2D eigenvalue weighted by atomic mass is 79.9. The standard InChI is InChI=1S/C18H17BrFNO4/c1-3-24-18(23)12-4-7-14(8-5-12)25-11(2)17(22)21-16-9-6-13(19)10-15(16)20/h4-11H,3H2,1-2H3,(H,21,22). The summed E-state index contributed by atoms with van der Waals surface area (Å²) in [5.74, 6) is -1.05. The first kappa shape index (κ1) is 18.9. The number of ether oxygens (including phenoxy) is 2. The lowest BCUT2D eigenvalue weighted by Crippen LogP contribution is -2.30. The van der Waals surface area contributed by atoms with Crippen LogP contribution in [0.3, 0.4) is 0 Å². The van der Waals surface area contributed by atoms with Crippen LogP contribution in [0.25, 0.3) is 0 Å². The number of carbonyl (C=O) groups is 2. The molecule has 2 rings (SSSR count). The number of amides is 1. The van der Waals surface area contributed by atoms with Crippen molar-refractivity contribution in [2.75, 3.05) is 11.9 Å². The first-order valence-corrected chi connectivity index (χ1v) is 8.39. The maximum atomic E-state index is 13.8. The summed E-state index contributed by atoms with van der Waals surface area (Å²) in [5.41, 5.74) is 0.463. The minimum Gasteiger partial charge on any atom is -0.481 e. The molecule has 0 saturated carbocycles. The molecule has 1 unspecified atom stereocenters. The van der Waals surface area contributed by atoms with Gasteiger partial charge in [0.1, 0.15) is 11.6 Å². The molecule has 2 aromatic rings. The molecular weight excluding hydrogens is 393 g/mol. The van der Waals surface area contributed by atoms with Crippen LogP contribution in [0.1, 0.15) is 24.2 Å². The molecule has 0 saturated heterocycles. The molecular formula is C18H17BrFNO4. The molecule has 1 amide bonds. The topological polar surface area (TPSA) is 64.6 Å². The van der Waals surface area contributed by atoms with Crippen LogP contribution in [0, 0.1) is 5.82 Å². The van der Waals surface area contributed by atoms with E-state index >= 15 is 0 Å². The van der Waals surface area contributed by atoms with Crippen LogP contribution in [-0.4, -0.2) is 24.6 Å². The average Bonchev–Trinajstić information content (AvgIpc) is 2.58. The van der Waals surface area contributed by atoms with Crippen LogP contribution in [0.2, 0.25) is 0 Å². The van der Waals surface area contributed by atoms with E-state index in [0.29, 0.717) is 22.4 Å². The lowest BCUT2D eigenvalue weighted by Gasteiger charge is -2.15. The minimum absolute atomic E-state index is 0.0707. The van der Waals surface area contributed by atoms with Crippen molar-refractivity contribution in [3.8, 4) is 5.75 Å². The summed E-state index contributed by atoms with van der Waals surface area (Å²) in [6.07, 6.45) is -0.850. The Morgan fingerprint density at radius 2 is 1.88 bits per heavy atom. The molecule has 1 atom stereocenters. The summed E-state index contributed by atoms with van der Waals surface area (Å²) in [4.78, 5) is 23.7. The molecule has 132 valence electrons. The van der Waals surface area contributed by atoms with Crippen LogP contribution in [0.15, 0.2) is 46.9 Å². The Hall–Kier alpha value is -2.41. The van der Waals surface area contributed by atoms with Crippen LogP contribution < -0.4 is 10.1 Å². The van der Waals surface area contributed by atoms with Gasteiger partial charge in [-0.3, -0.25) is 4.79 Å². The molecule has 2 aromatic carbocycles. The number of hydrogen-bond donors (Lipinski definition) is 1. The number of esters is 1. The van der Waals surface area contributed by atoms with E-state index < -0.39 is 23.8 Å². The van der Waals surface area contributed by atoms with E-state index in [0.717, 1.165) is 0 Å². The van der Waals surface area contributed by atoms with E-state index in [2.05, 4.69) is 21.2 Å². The van der Waals surface area contributed by atoms with Gasteiger partial charge >= 0.3 is 5.97 Å². The highest BCUT2D eigenvalue weighted by Gasteiger charge is 2.17. The summed E-state index contributed by atoms with van der Waals surface area (Å²) < 4.78 is 24.7. The molecule has 1 N–H and O–H groups in total. The van der Waals surface area contributed by atoms with Gasteiger partial charge in [0.2, 0.25) is 0 Å². The van der Waals surface area contributed by atoms with Crippen molar-refractivity contribution in [1.82, 2.24) is 0 Å². The molecule has 0 aromatic heterocycles. The Bertz CT molecular complexity index is 764. The van der Waals surface area contributed by atoms with Crippen LogP contribution in [0.5, 0.6) is 5.75 Å². The fourth-order valence-electron chi connectivity index (χ4n) is 1.97. The smallest absolute Gasteiger partial charge is 0.338 e. The van der Waals surface area contributed by atoms with Crippen molar-refractivity contribution < 1.29 is 23.5 Å². The number of carbonyl (C=O) groups excluding carboxylic acids is 2. The van der Waals surface area contributed by atoms with Crippen LogP contribution in [-0.2, 0) is 9.53 Å². The summed E-state index contributed by atoms with van der Waals surface area (Å²) in [6, 6.07) is 10.6.